The van der Waals surface area contributed by atoms with Gasteiger partial charge in [-0.2, -0.15) is 0 Å². The molecule has 25 heavy (non-hydrogen) atoms. The minimum atomic E-state index is -0.860. The first-order valence-corrected chi connectivity index (χ1v) is 8.53. The largest absolute Gasteiger partial charge is 0.465 e. The van der Waals surface area contributed by atoms with E-state index in [2.05, 4.69) is 30.7 Å². The van der Waals surface area contributed by atoms with Gasteiger partial charge in [0, 0.05) is 26.7 Å². The minimum absolute atomic E-state index is 0.0976. The number of aromatic nitrogens is 2. The molecule has 0 bridgehead atoms. The summed E-state index contributed by atoms with van der Waals surface area (Å²) >= 11 is 0. The van der Waals surface area contributed by atoms with Gasteiger partial charge in [-0.15, -0.1) is 0 Å². The third-order valence-electron chi connectivity index (χ3n) is 5.07. The van der Waals surface area contributed by atoms with Gasteiger partial charge < -0.3 is 24.6 Å². The number of aliphatic hydroxyl groups excluding tert-OH is 1. The first-order valence-electron chi connectivity index (χ1n) is 8.53. The van der Waals surface area contributed by atoms with Crippen LogP contribution in [0.4, 0.5) is 10.5 Å². The highest BCUT2D eigenvalue weighted by Crippen LogP contribution is 2.33. The van der Waals surface area contributed by atoms with Crippen LogP contribution in [0.2, 0.25) is 0 Å². The van der Waals surface area contributed by atoms with E-state index in [0.717, 1.165) is 16.7 Å². The fraction of sp³-hybridized carbons (Fsp3) is 0.556. The number of hydrogen-bond acceptors (Lipinski definition) is 4. The van der Waals surface area contributed by atoms with E-state index in [0.29, 0.717) is 25.5 Å². The van der Waals surface area contributed by atoms with Crippen molar-refractivity contribution in [3.05, 3.63) is 24.0 Å². The molecule has 2 N–H and O–H groups in total. The lowest BCUT2D eigenvalue weighted by molar-refractivity contribution is 0.0749. The standard InChI is InChI=1S/C18H26N4O3/c1-18(2,3)14-10-21(8-9-22(14)17(24)25)13-7-5-6-12-16(13)20(4)15(11-23)19-12/h5-7,14,23H,8-11H2,1-4H3,(H,24,25). The van der Waals surface area contributed by atoms with E-state index >= 15 is 0 Å². The number of anilines is 1. The normalized spacial score (nSPS) is 18.8. The molecule has 3 rings (SSSR count). The Balaban J connectivity index is 2.02. The van der Waals surface area contributed by atoms with Crippen molar-refractivity contribution in [2.24, 2.45) is 12.5 Å². The average Bonchev–Trinajstić information content (AvgIpc) is 2.89. The van der Waals surface area contributed by atoms with Crippen LogP contribution in [0.15, 0.2) is 18.2 Å². The lowest BCUT2D eigenvalue weighted by atomic mass is 9.84. The molecule has 136 valence electrons. The number of hydrogen-bond donors (Lipinski definition) is 2. The van der Waals surface area contributed by atoms with E-state index in [9.17, 15) is 15.0 Å². The number of amides is 1. The molecule has 1 fully saturated rings. The number of nitrogens with zero attached hydrogens (tertiary/aromatic N) is 4. The molecule has 1 unspecified atom stereocenters. The van der Waals surface area contributed by atoms with Crippen molar-refractivity contribution in [2.45, 2.75) is 33.4 Å². The number of fused-ring (bicyclic) bond motifs is 1. The highest BCUT2D eigenvalue weighted by molar-refractivity contribution is 5.89. The van der Waals surface area contributed by atoms with Crippen molar-refractivity contribution in [3.63, 3.8) is 0 Å². The molecule has 0 radical (unpaired) electrons. The van der Waals surface area contributed by atoms with E-state index in [1.807, 2.05) is 29.8 Å². The molecule has 1 aromatic carbocycles. The SMILES string of the molecule is Cn1c(CO)nc2cccc(N3CCN(C(=O)O)C(C(C)(C)C)C3)c21. The summed E-state index contributed by atoms with van der Waals surface area (Å²) in [4.78, 5) is 19.9. The van der Waals surface area contributed by atoms with Crippen LogP contribution in [-0.2, 0) is 13.7 Å². The lowest BCUT2D eigenvalue weighted by Gasteiger charge is -2.46. The Morgan fingerprint density at radius 2 is 2.04 bits per heavy atom. The zero-order valence-corrected chi connectivity index (χ0v) is 15.2. The quantitative estimate of drug-likeness (QED) is 0.872. The first kappa shape index (κ1) is 17.5. The summed E-state index contributed by atoms with van der Waals surface area (Å²) in [7, 11) is 1.90. The number of imidazole rings is 1. The third kappa shape index (κ3) is 3.04. The van der Waals surface area contributed by atoms with Gasteiger partial charge >= 0.3 is 6.09 Å². The van der Waals surface area contributed by atoms with Gasteiger partial charge in [0.1, 0.15) is 12.4 Å². The molecule has 1 atom stereocenters. The van der Waals surface area contributed by atoms with Crippen LogP contribution in [0.3, 0.4) is 0 Å². The fourth-order valence-corrected chi connectivity index (χ4v) is 3.67. The maximum absolute atomic E-state index is 11.6. The summed E-state index contributed by atoms with van der Waals surface area (Å²) in [6.45, 7) is 7.86. The van der Waals surface area contributed by atoms with Crippen molar-refractivity contribution in [2.75, 3.05) is 24.5 Å². The van der Waals surface area contributed by atoms with Crippen molar-refractivity contribution >= 4 is 22.8 Å². The maximum Gasteiger partial charge on any atom is 0.407 e. The van der Waals surface area contributed by atoms with Gasteiger partial charge in [-0.3, -0.25) is 0 Å². The Hall–Kier alpha value is -2.28. The Morgan fingerprint density at radius 3 is 2.64 bits per heavy atom. The molecule has 1 saturated heterocycles. The number of aryl methyl sites for hydroxylation is 1. The van der Waals surface area contributed by atoms with Crippen LogP contribution in [0.25, 0.3) is 11.0 Å². The van der Waals surface area contributed by atoms with Crippen molar-refractivity contribution in [1.29, 1.82) is 0 Å². The molecular formula is C18H26N4O3. The smallest absolute Gasteiger partial charge is 0.407 e. The molecule has 2 aromatic rings. The van der Waals surface area contributed by atoms with E-state index in [-0.39, 0.29) is 18.1 Å². The molecule has 1 aliphatic rings. The van der Waals surface area contributed by atoms with E-state index in [1.165, 1.54) is 0 Å². The third-order valence-corrected chi connectivity index (χ3v) is 5.07. The monoisotopic (exact) mass is 346 g/mol. The highest BCUT2D eigenvalue weighted by Gasteiger charge is 2.38. The average molecular weight is 346 g/mol. The number of carbonyl (C=O) groups is 1. The molecule has 7 heteroatoms. The Kier molecular flexibility index (Phi) is 4.36. The summed E-state index contributed by atoms with van der Waals surface area (Å²) < 4.78 is 1.92. The molecule has 7 nitrogen and oxygen atoms in total. The van der Waals surface area contributed by atoms with Crippen molar-refractivity contribution in [3.8, 4) is 0 Å². The van der Waals surface area contributed by atoms with Crippen LogP contribution >= 0.6 is 0 Å². The van der Waals surface area contributed by atoms with Gasteiger partial charge in [0.15, 0.2) is 0 Å². The molecule has 0 aliphatic carbocycles. The summed E-state index contributed by atoms with van der Waals surface area (Å²) in [6.07, 6.45) is -0.860. The zero-order chi connectivity index (χ0) is 18.4. The van der Waals surface area contributed by atoms with Gasteiger partial charge in [0.2, 0.25) is 0 Å². The first-order chi connectivity index (χ1) is 11.7. The van der Waals surface area contributed by atoms with Crippen molar-refractivity contribution < 1.29 is 15.0 Å². The number of benzene rings is 1. The molecular weight excluding hydrogens is 320 g/mol. The minimum Gasteiger partial charge on any atom is -0.465 e. The predicted molar refractivity (Wildman–Crippen MR) is 96.8 cm³/mol. The number of aliphatic hydroxyl groups is 1. The van der Waals surface area contributed by atoms with E-state index in [4.69, 9.17) is 0 Å². The molecule has 0 saturated carbocycles. The molecule has 1 aromatic heterocycles. The maximum atomic E-state index is 11.6. The Morgan fingerprint density at radius 1 is 1.32 bits per heavy atom. The van der Waals surface area contributed by atoms with Gasteiger partial charge in [0.25, 0.3) is 0 Å². The fourth-order valence-electron chi connectivity index (χ4n) is 3.67. The van der Waals surface area contributed by atoms with E-state index < -0.39 is 6.09 Å². The predicted octanol–water partition coefficient (Wildman–Crippen LogP) is 2.28. The van der Waals surface area contributed by atoms with Crippen LogP contribution in [-0.4, -0.2) is 56.4 Å². The van der Waals surface area contributed by atoms with Crippen LogP contribution < -0.4 is 4.90 Å². The second-order valence-electron chi connectivity index (χ2n) is 7.69. The summed E-state index contributed by atoms with van der Waals surface area (Å²) in [5.41, 5.74) is 2.69. The van der Waals surface area contributed by atoms with Gasteiger partial charge in [-0.1, -0.05) is 26.8 Å². The number of para-hydroxylation sites is 1. The molecule has 1 aliphatic heterocycles. The molecule has 1 amide bonds. The molecule has 2 heterocycles. The van der Waals surface area contributed by atoms with Gasteiger partial charge in [0.05, 0.1) is 22.8 Å². The van der Waals surface area contributed by atoms with Crippen molar-refractivity contribution in [1.82, 2.24) is 14.5 Å². The van der Waals surface area contributed by atoms with Gasteiger partial charge in [-0.25, -0.2) is 9.78 Å². The topological polar surface area (TPSA) is 81.8 Å². The number of piperazine rings is 1. The van der Waals surface area contributed by atoms with E-state index in [1.54, 1.807) is 4.90 Å². The lowest BCUT2D eigenvalue weighted by Crippen LogP contribution is -2.59. The number of rotatable bonds is 2. The van der Waals surface area contributed by atoms with Crippen LogP contribution in [0.5, 0.6) is 0 Å². The Bertz CT molecular complexity index is 793. The summed E-state index contributed by atoms with van der Waals surface area (Å²) in [5.74, 6) is 0.624. The highest BCUT2D eigenvalue weighted by atomic mass is 16.4. The molecule has 0 spiro atoms. The van der Waals surface area contributed by atoms with Crippen LogP contribution in [0.1, 0.15) is 26.6 Å². The van der Waals surface area contributed by atoms with Gasteiger partial charge in [-0.05, 0) is 17.5 Å². The second kappa shape index (κ2) is 6.22. The number of carboxylic acid groups (broad SMARTS) is 1. The zero-order valence-electron chi connectivity index (χ0n) is 15.2. The van der Waals surface area contributed by atoms with Crippen LogP contribution in [0, 0.1) is 5.41 Å². The second-order valence-corrected chi connectivity index (χ2v) is 7.69. The summed E-state index contributed by atoms with van der Waals surface area (Å²) in [5, 5.41) is 19.0. The Labute approximate surface area is 147 Å². The summed E-state index contributed by atoms with van der Waals surface area (Å²) in [6, 6.07) is 5.84.